The van der Waals surface area contributed by atoms with Crippen LogP contribution in [0, 0.1) is 0 Å². The fourth-order valence-electron chi connectivity index (χ4n) is 2.58. The first-order valence-electron chi connectivity index (χ1n) is 8.10. The Morgan fingerprint density at radius 2 is 1.90 bits per heavy atom. The highest BCUT2D eigenvalue weighted by Crippen LogP contribution is 2.24. The zero-order chi connectivity index (χ0) is 15.7. The molecule has 0 saturated heterocycles. The maximum atomic E-state index is 6.27. The number of aromatic nitrogens is 2. The maximum Gasteiger partial charge on any atom is 0.0672 e. The second kappa shape index (κ2) is 9.92. The normalized spacial score (nSPS) is 12.8. The number of hydrogen-bond acceptors (Lipinski definition) is 4. The maximum absolute atomic E-state index is 6.27. The average molecular weight is 297 g/mol. The highest BCUT2D eigenvalue weighted by atomic mass is 16.5. The Hall–Kier alpha value is -0.910. The fraction of sp³-hybridized carbons (Fsp3) is 0.812. The van der Waals surface area contributed by atoms with Crippen LogP contribution >= 0.6 is 0 Å². The van der Waals surface area contributed by atoms with Crippen LogP contribution in [0.1, 0.15) is 56.6 Å². The third kappa shape index (κ3) is 5.09. The molecule has 0 amide bonds. The van der Waals surface area contributed by atoms with E-state index in [-0.39, 0.29) is 6.04 Å². The first-order chi connectivity index (χ1) is 10.2. The van der Waals surface area contributed by atoms with Crippen LogP contribution in [-0.4, -0.2) is 36.7 Å². The molecule has 0 bridgehead atoms. The van der Waals surface area contributed by atoms with E-state index in [0.717, 1.165) is 51.1 Å². The molecule has 0 aliphatic heterocycles. The standard InChI is InChI=1S/C16H31N3O2/c1-5-13(17)16-14(6-2)18-19(15(16)7-3)9-12-21-11-8-10-20-4/h13H,5-12,17H2,1-4H3. The zero-order valence-corrected chi connectivity index (χ0v) is 14.0. The van der Waals surface area contributed by atoms with Gasteiger partial charge in [-0.15, -0.1) is 0 Å². The molecule has 0 spiro atoms. The molecule has 0 aliphatic rings. The predicted octanol–water partition coefficient (Wildman–Crippen LogP) is 2.47. The van der Waals surface area contributed by atoms with Crippen LogP contribution in [0.3, 0.4) is 0 Å². The van der Waals surface area contributed by atoms with Crippen molar-refractivity contribution in [2.24, 2.45) is 5.73 Å². The van der Waals surface area contributed by atoms with E-state index in [9.17, 15) is 0 Å². The first-order valence-corrected chi connectivity index (χ1v) is 8.10. The van der Waals surface area contributed by atoms with Gasteiger partial charge in [0, 0.05) is 37.6 Å². The minimum atomic E-state index is 0.0891. The number of ether oxygens (including phenoxy) is 2. The first kappa shape index (κ1) is 18.1. The number of methoxy groups -OCH3 is 1. The largest absolute Gasteiger partial charge is 0.385 e. The molecule has 122 valence electrons. The van der Waals surface area contributed by atoms with E-state index in [1.165, 1.54) is 11.3 Å². The third-order valence-electron chi connectivity index (χ3n) is 3.74. The summed E-state index contributed by atoms with van der Waals surface area (Å²) in [5.41, 5.74) is 9.93. The highest BCUT2D eigenvalue weighted by Gasteiger charge is 2.19. The second-order valence-corrected chi connectivity index (χ2v) is 5.21. The van der Waals surface area contributed by atoms with Gasteiger partial charge in [-0.3, -0.25) is 4.68 Å². The molecule has 21 heavy (non-hydrogen) atoms. The van der Waals surface area contributed by atoms with E-state index in [1.54, 1.807) is 7.11 Å². The van der Waals surface area contributed by atoms with Crippen molar-refractivity contribution >= 4 is 0 Å². The molecule has 1 unspecified atom stereocenters. The zero-order valence-electron chi connectivity index (χ0n) is 14.0. The molecule has 0 aliphatic carbocycles. The molecule has 0 fully saturated rings. The van der Waals surface area contributed by atoms with E-state index >= 15 is 0 Å². The summed E-state index contributed by atoms with van der Waals surface area (Å²) in [4.78, 5) is 0. The number of nitrogens with zero attached hydrogens (tertiary/aromatic N) is 2. The molecule has 5 heteroatoms. The summed E-state index contributed by atoms with van der Waals surface area (Å²) in [7, 11) is 1.71. The molecule has 1 rings (SSSR count). The second-order valence-electron chi connectivity index (χ2n) is 5.21. The Morgan fingerprint density at radius 1 is 1.14 bits per heavy atom. The van der Waals surface area contributed by atoms with E-state index in [0.29, 0.717) is 6.61 Å². The van der Waals surface area contributed by atoms with Crippen molar-refractivity contribution in [3.05, 3.63) is 17.0 Å². The van der Waals surface area contributed by atoms with Crippen molar-refractivity contribution in [3.8, 4) is 0 Å². The van der Waals surface area contributed by atoms with Gasteiger partial charge >= 0.3 is 0 Å². The van der Waals surface area contributed by atoms with E-state index in [4.69, 9.17) is 20.3 Å². The van der Waals surface area contributed by atoms with Crippen LogP contribution in [0.25, 0.3) is 0 Å². The molecule has 0 radical (unpaired) electrons. The van der Waals surface area contributed by atoms with Gasteiger partial charge in [0.05, 0.1) is 18.8 Å². The summed E-state index contributed by atoms with van der Waals surface area (Å²) in [6.45, 7) is 9.38. The smallest absolute Gasteiger partial charge is 0.0672 e. The Bertz CT molecular complexity index is 404. The molecule has 1 heterocycles. The number of nitrogens with two attached hydrogens (primary N) is 1. The SMILES string of the molecule is CCc1nn(CCOCCCOC)c(CC)c1C(N)CC. The monoisotopic (exact) mass is 297 g/mol. The molecule has 1 aromatic heterocycles. The average Bonchev–Trinajstić information content (AvgIpc) is 2.87. The predicted molar refractivity (Wildman–Crippen MR) is 85.5 cm³/mol. The lowest BCUT2D eigenvalue weighted by Gasteiger charge is -2.12. The molecule has 1 atom stereocenters. The minimum absolute atomic E-state index is 0.0891. The topological polar surface area (TPSA) is 62.3 Å². The molecular weight excluding hydrogens is 266 g/mol. The van der Waals surface area contributed by atoms with Gasteiger partial charge in [0.25, 0.3) is 0 Å². The molecule has 5 nitrogen and oxygen atoms in total. The molecule has 2 N–H and O–H groups in total. The Labute approximate surface area is 128 Å². The van der Waals surface area contributed by atoms with E-state index in [1.807, 2.05) is 0 Å². The number of rotatable bonds is 11. The Morgan fingerprint density at radius 3 is 2.48 bits per heavy atom. The van der Waals surface area contributed by atoms with Gasteiger partial charge in [-0.05, 0) is 25.7 Å². The van der Waals surface area contributed by atoms with Crippen LogP contribution in [0.5, 0.6) is 0 Å². The fourth-order valence-corrected chi connectivity index (χ4v) is 2.58. The van der Waals surface area contributed by atoms with Crippen LogP contribution < -0.4 is 5.73 Å². The van der Waals surface area contributed by atoms with Crippen LogP contribution in [-0.2, 0) is 28.9 Å². The molecular formula is C16H31N3O2. The van der Waals surface area contributed by atoms with Gasteiger partial charge in [0.2, 0.25) is 0 Å². The van der Waals surface area contributed by atoms with Crippen molar-refractivity contribution in [2.45, 2.75) is 59.0 Å². The van der Waals surface area contributed by atoms with Crippen LogP contribution in [0.2, 0.25) is 0 Å². The summed E-state index contributed by atoms with van der Waals surface area (Å²) < 4.78 is 12.7. The summed E-state index contributed by atoms with van der Waals surface area (Å²) in [5, 5.41) is 4.73. The van der Waals surface area contributed by atoms with E-state index < -0.39 is 0 Å². The van der Waals surface area contributed by atoms with Crippen molar-refractivity contribution < 1.29 is 9.47 Å². The third-order valence-corrected chi connectivity index (χ3v) is 3.74. The van der Waals surface area contributed by atoms with Crippen molar-refractivity contribution in [1.29, 1.82) is 0 Å². The number of aryl methyl sites for hydroxylation is 1. The van der Waals surface area contributed by atoms with Gasteiger partial charge in [0.1, 0.15) is 0 Å². The van der Waals surface area contributed by atoms with Gasteiger partial charge in [-0.2, -0.15) is 5.10 Å². The Kier molecular flexibility index (Phi) is 8.57. The minimum Gasteiger partial charge on any atom is -0.385 e. The quantitative estimate of drug-likeness (QED) is 0.637. The van der Waals surface area contributed by atoms with Crippen molar-refractivity contribution in [2.75, 3.05) is 26.9 Å². The van der Waals surface area contributed by atoms with Crippen LogP contribution in [0.4, 0.5) is 0 Å². The molecule has 1 aromatic rings. The summed E-state index contributed by atoms with van der Waals surface area (Å²) in [5.74, 6) is 0. The van der Waals surface area contributed by atoms with Gasteiger partial charge in [-0.25, -0.2) is 0 Å². The molecule has 0 aromatic carbocycles. The number of hydrogen-bond donors (Lipinski definition) is 1. The van der Waals surface area contributed by atoms with Crippen molar-refractivity contribution in [1.82, 2.24) is 9.78 Å². The lowest BCUT2D eigenvalue weighted by atomic mass is 10.00. The van der Waals surface area contributed by atoms with Crippen LogP contribution in [0.15, 0.2) is 0 Å². The van der Waals surface area contributed by atoms with Gasteiger partial charge in [0.15, 0.2) is 0 Å². The lowest BCUT2D eigenvalue weighted by Crippen LogP contribution is -2.15. The van der Waals surface area contributed by atoms with Crippen molar-refractivity contribution in [3.63, 3.8) is 0 Å². The molecule has 0 saturated carbocycles. The lowest BCUT2D eigenvalue weighted by molar-refractivity contribution is 0.0956. The van der Waals surface area contributed by atoms with Gasteiger partial charge < -0.3 is 15.2 Å². The van der Waals surface area contributed by atoms with E-state index in [2.05, 4.69) is 25.5 Å². The summed E-state index contributed by atoms with van der Waals surface area (Å²) in [6, 6.07) is 0.0891. The summed E-state index contributed by atoms with van der Waals surface area (Å²) in [6.07, 6.45) is 3.76. The highest BCUT2D eigenvalue weighted by molar-refractivity contribution is 5.30. The Balaban J connectivity index is 2.67. The van der Waals surface area contributed by atoms with Gasteiger partial charge in [-0.1, -0.05) is 20.8 Å². The summed E-state index contributed by atoms with van der Waals surface area (Å²) >= 11 is 0.